The summed E-state index contributed by atoms with van der Waals surface area (Å²) in [6, 6.07) is 0. The number of hydrogen-bond donors (Lipinski definition) is 4. The van der Waals surface area contributed by atoms with Crippen LogP contribution in [0.3, 0.4) is 0 Å². The number of anilines is 1. The van der Waals surface area contributed by atoms with Gasteiger partial charge in [0.15, 0.2) is 17.4 Å². The van der Waals surface area contributed by atoms with Crippen molar-refractivity contribution in [3.63, 3.8) is 0 Å². The number of aliphatic hydroxyl groups is 3. The van der Waals surface area contributed by atoms with E-state index in [1.54, 1.807) is 4.57 Å². The van der Waals surface area contributed by atoms with Crippen LogP contribution < -0.4 is 10.5 Å². The van der Waals surface area contributed by atoms with Crippen molar-refractivity contribution < 1.29 is 20.1 Å². The van der Waals surface area contributed by atoms with E-state index >= 15 is 0 Å². The van der Waals surface area contributed by atoms with Gasteiger partial charge in [0.25, 0.3) is 5.56 Å². The molecule has 2 fully saturated rings. The van der Waals surface area contributed by atoms with Crippen LogP contribution in [0.25, 0.3) is 11.2 Å². The molecule has 0 aliphatic carbocycles. The van der Waals surface area contributed by atoms with E-state index < -0.39 is 31.1 Å². The van der Waals surface area contributed by atoms with Crippen LogP contribution in [-0.4, -0.2) is 72.8 Å². The Balaban J connectivity index is 1.86. The molecule has 0 amide bonds. The number of ether oxygens (including phenoxy) is 1. The topological polar surface area (TPSA) is 137 Å². The summed E-state index contributed by atoms with van der Waals surface area (Å²) in [6.07, 6.45) is 0.0132. The van der Waals surface area contributed by atoms with Crippen LogP contribution in [0, 0.1) is 0 Å². The van der Waals surface area contributed by atoms with E-state index in [0.29, 0.717) is 5.95 Å². The molecule has 0 spiro atoms. The van der Waals surface area contributed by atoms with Crippen LogP contribution in [0.15, 0.2) is 11.1 Å². The molecule has 2 aliphatic heterocycles. The third kappa shape index (κ3) is 2.61. The molecule has 10 nitrogen and oxygen atoms in total. The average Bonchev–Trinajstić information content (AvgIpc) is 3.15. The fraction of sp³-hybridized carbons (Fsp3) is 0.667. The Morgan fingerprint density at radius 2 is 2.00 bits per heavy atom. The van der Waals surface area contributed by atoms with Gasteiger partial charge < -0.3 is 29.9 Å². The number of nitrogens with zero attached hydrogens (tertiary/aromatic N) is 4. The minimum atomic E-state index is -1.26. The Hall–Kier alpha value is -2.01. The largest absolute Gasteiger partial charge is 0.394 e. The van der Waals surface area contributed by atoms with E-state index in [2.05, 4.69) is 15.0 Å². The van der Waals surface area contributed by atoms with Crippen molar-refractivity contribution in [3.05, 3.63) is 16.7 Å². The Labute approximate surface area is 142 Å². The Bertz CT molecular complexity index is 814. The molecule has 4 heterocycles. The predicted octanol–water partition coefficient (Wildman–Crippen LogP) is -1.28. The molecular formula is C15H21N5O5. The van der Waals surface area contributed by atoms with Crippen LogP contribution >= 0.6 is 0 Å². The van der Waals surface area contributed by atoms with Crippen LogP contribution in [0.4, 0.5) is 5.95 Å². The lowest BCUT2D eigenvalue weighted by Gasteiger charge is -2.30. The van der Waals surface area contributed by atoms with Gasteiger partial charge in [-0.1, -0.05) is 0 Å². The van der Waals surface area contributed by atoms with Crippen molar-refractivity contribution in [2.24, 2.45) is 0 Å². The van der Waals surface area contributed by atoms with Gasteiger partial charge in [-0.2, -0.15) is 0 Å². The molecule has 0 bridgehead atoms. The molecule has 4 rings (SSSR count). The molecule has 0 unspecified atom stereocenters. The summed E-state index contributed by atoms with van der Waals surface area (Å²) in [5.41, 5.74) is 0.0497. The normalized spacial score (nSPS) is 30.3. The highest BCUT2D eigenvalue weighted by atomic mass is 16.6. The Morgan fingerprint density at radius 1 is 1.24 bits per heavy atom. The second-order valence-corrected chi connectivity index (χ2v) is 6.46. The summed E-state index contributed by atoms with van der Waals surface area (Å²) in [6.45, 7) is 1.13. The van der Waals surface area contributed by atoms with E-state index in [-0.39, 0.29) is 16.7 Å². The molecule has 0 aromatic carbocycles. The van der Waals surface area contributed by atoms with Crippen molar-refractivity contribution in [2.45, 2.75) is 43.8 Å². The zero-order valence-electron chi connectivity index (χ0n) is 13.6. The minimum Gasteiger partial charge on any atom is -0.394 e. The first-order valence-electron chi connectivity index (χ1n) is 8.45. The van der Waals surface area contributed by atoms with Crippen molar-refractivity contribution in [2.75, 3.05) is 24.6 Å². The average molecular weight is 351 g/mol. The SMILES string of the molecule is O=c1[nH]cnc2c1nc(N1CCCCC1)n2[C@H]1O[C@H](CO)[C@H](O)[C@H]1O. The van der Waals surface area contributed by atoms with Crippen molar-refractivity contribution >= 4 is 17.1 Å². The molecule has 0 radical (unpaired) electrons. The Morgan fingerprint density at radius 3 is 2.68 bits per heavy atom. The predicted molar refractivity (Wildman–Crippen MR) is 87.2 cm³/mol. The fourth-order valence-corrected chi connectivity index (χ4v) is 3.55. The van der Waals surface area contributed by atoms with E-state index in [9.17, 15) is 20.1 Å². The fourth-order valence-electron chi connectivity index (χ4n) is 3.55. The van der Waals surface area contributed by atoms with Crippen molar-refractivity contribution in [3.8, 4) is 0 Å². The number of nitrogens with one attached hydrogen (secondary N) is 1. The third-order valence-corrected chi connectivity index (χ3v) is 4.88. The lowest BCUT2D eigenvalue weighted by molar-refractivity contribution is -0.0504. The number of piperidine rings is 1. The highest BCUT2D eigenvalue weighted by Crippen LogP contribution is 2.35. The summed E-state index contributed by atoms with van der Waals surface area (Å²) in [5, 5.41) is 29.8. The number of fused-ring (bicyclic) bond motifs is 1. The number of aromatic amines is 1. The first kappa shape index (κ1) is 16.5. The molecule has 25 heavy (non-hydrogen) atoms. The summed E-state index contributed by atoms with van der Waals surface area (Å²) in [4.78, 5) is 25.3. The molecule has 4 atom stereocenters. The lowest BCUT2D eigenvalue weighted by atomic mass is 10.1. The third-order valence-electron chi connectivity index (χ3n) is 4.88. The van der Waals surface area contributed by atoms with Crippen LogP contribution in [-0.2, 0) is 4.74 Å². The second kappa shape index (κ2) is 6.37. The van der Waals surface area contributed by atoms with Crippen molar-refractivity contribution in [1.82, 2.24) is 19.5 Å². The molecular weight excluding hydrogens is 330 g/mol. The standard InChI is InChI=1S/C15H21N5O5/c21-6-8-10(22)11(23)14(25-8)20-12-9(13(24)17-7-16-12)18-15(20)19-4-2-1-3-5-19/h7-8,10-11,14,21-23H,1-6H2,(H,16,17,24)/t8-,10+,11-,14+/m1/s1. The monoisotopic (exact) mass is 351 g/mol. The van der Waals surface area contributed by atoms with Gasteiger partial charge in [0.05, 0.1) is 12.9 Å². The second-order valence-electron chi connectivity index (χ2n) is 6.46. The maximum atomic E-state index is 12.1. The lowest BCUT2D eigenvalue weighted by Crippen LogP contribution is -2.35. The van der Waals surface area contributed by atoms with Gasteiger partial charge >= 0.3 is 0 Å². The first-order chi connectivity index (χ1) is 12.1. The molecule has 4 N–H and O–H groups in total. The summed E-state index contributed by atoms with van der Waals surface area (Å²) >= 11 is 0. The Kier molecular flexibility index (Phi) is 4.20. The van der Waals surface area contributed by atoms with Gasteiger partial charge in [-0.25, -0.2) is 9.97 Å². The molecule has 2 aromatic rings. The highest BCUT2D eigenvalue weighted by Gasteiger charge is 2.45. The van der Waals surface area contributed by atoms with Gasteiger partial charge in [-0.05, 0) is 19.3 Å². The van der Waals surface area contributed by atoms with Crippen LogP contribution in [0.5, 0.6) is 0 Å². The molecule has 0 saturated carbocycles. The van der Waals surface area contributed by atoms with E-state index in [4.69, 9.17) is 4.74 Å². The number of rotatable bonds is 3. The molecule has 10 heteroatoms. The highest BCUT2D eigenvalue weighted by molar-refractivity contribution is 5.73. The smallest absolute Gasteiger partial charge is 0.278 e. The molecule has 136 valence electrons. The zero-order chi connectivity index (χ0) is 17.6. The molecule has 2 aliphatic rings. The summed E-state index contributed by atoms with van der Waals surface area (Å²) < 4.78 is 7.21. The minimum absolute atomic E-state index is 0.154. The molecule has 2 aromatic heterocycles. The maximum Gasteiger partial charge on any atom is 0.278 e. The zero-order valence-corrected chi connectivity index (χ0v) is 13.6. The van der Waals surface area contributed by atoms with E-state index in [1.807, 2.05) is 4.90 Å². The number of aromatic nitrogens is 4. The maximum absolute atomic E-state index is 12.1. The van der Waals surface area contributed by atoms with Crippen LogP contribution in [0.2, 0.25) is 0 Å². The van der Waals surface area contributed by atoms with Gasteiger partial charge in [-0.15, -0.1) is 0 Å². The molecule has 2 saturated heterocycles. The van der Waals surface area contributed by atoms with Gasteiger partial charge in [0.2, 0.25) is 5.95 Å². The number of aliphatic hydroxyl groups excluding tert-OH is 3. The number of H-pyrrole nitrogens is 1. The number of hydrogen-bond acceptors (Lipinski definition) is 8. The van der Waals surface area contributed by atoms with Crippen LogP contribution in [0.1, 0.15) is 25.5 Å². The van der Waals surface area contributed by atoms with Gasteiger partial charge in [0.1, 0.15) is 18.3 Å². The quantitative estimate of drug-likeness (QED) is 0.537. The van der Waals surface area contributed by atoms with Gasteiger partial charge in [-0.3, -0.25) is 9.36 Å². The first-order valence-corrected chi connectivity index (χ1v) is 8.45. The summed E-state index contributed by atoms with van der Waals surface area (Å²) in [7, 11) is 0. The number of imidazole rings is 1. The van der Waals surface area contributed by atoms with E-state index in [1.165, 1.54) is 6.33 Å². The van der Waals surface area contributed by atoms with E-state index in [0.717, 1.165) is 32.4 Å². The summed E-state index contributed by atoms with van der Waals surface area (Å²) in [5.74, 6) is 0.480. The van der Waals surface area contributed by atoms with Crippen molar-refractivity contribution in [1.29, 1.82) is 0 Å². The van der Waals surface area contributed by atoms with Gasteiger partial charge in [0, 0.05) is 13.1 Å².